The molecule has 0 aromatic rings. The molecule has 0 amide bonds. The highest BCUT2D eigenvalue weighted by Crippen LogP contribution is 2.16. The zero-order chi connectivity index (χ0) is 52.9. The first-order chi connectivity index (χ1) is 36.0. The number of esters is 3. The summed E-state index contributed by atoms with van der Waals surface area (Å²) in [5.41, 5.74) is 0. The van der Waals surface area contributed by atoms with Crippen LogP contribution < -0.4 is 0 Å². The monoisotopic (exact) mass is 1010 g/mol. The molecule has 0 spiro atoms. The van der Waals surface area contributed by atoms with Gasteiger partial charge in [-0.1, -0.05) is 272 Å². The van der Waals surface area contributed by atoms with Crippen molar-refractivity contribution in [2.75, 3.05) is 13.2 Å². The predicted molar refractivity (Wildman–Crippen MR) is 316 cm³/mol. The van der Waals surface area contributed by atoms with E-state index in [1.807, 2.05) is 0 Å². The van der Waals surface area contributed by atoms with Gasteiger partial charge in [0.05, 0.1) is 0 Å². The maximum Gasteiger partial charge on any atom is 0.306 e. The molecule has 0 aliphatic carbocycles. The van der Waals surface area contributed by atoms with Crippen LogP contribution in [0.4, 0.5) is 0 Å². The van der Waals surface area contributed by atoms with Gasteiger partial charge in [0, 0.05) is 19.3 Å². The van der Waals surface area contributed by atoms with Crippen molar-refractivity contribution in [1.29, 1.82) is 0 Å². The van der Waals surface area contributed by atoms with Crippen LogP contribution in [-0.4, -0.2) is 37.2 Å². The fourth-order valence-corrected chi connectivity index (χ4v) is 8.54. The molecular formula is C67H114O6. The maximum absolute atomic E-state index is 12.9. The van der Waals surface area contributed by atoms with E-state index in [-0.39, 0.29) is 31.1 Å². The van der Waals surface area contributed by atoms with E-state index in [0.717, 1.165) is 109 Å². The third-order valence-electron chi connectivity index (χ3n) is 13.1. The van der Waals surface area contributed by atoms with Gasteiger partial charge in [0.15, 0.2) is 6.10 Å². The molecule has 0 aliphatic rings. The van der Waals surface area contributed by atoms with Crippen LogP contribution in [0, 0.1) is 0 Å². The standard InChI is InChI=1S/C67H114O6/c1-4-7-10-13-16-19-21-23-25-27-29-31-33-35-37-39-41-43-45-48-51-54-57-60-66(69)72-63-64(62-71-65(68)59-56-53-50-47-18-15-12-9-6-3)73-67(70)61-58-55-52-49-46-44-42-40-38-36-34-32-30-28-26-24-22-20-17-14-11-8-5-2/h7-8,10-11,16-17,19-20,23-26,29-32,64H,4-6,9,12-15,18,21-22,27-28,33-63H2,1-3H3/b10-7-,11-8-,19-16-,20-17-,25-23-,26-24-,31-29-,32-30-. The topological polar surface area (TPSA) is 78.9 Å². The molecule has 0 rings (SSSR count). The molecule has 6 nitrogen and oxygen atoms in total. The van der Waals surface area contributed by atoms with Gasteiger partial charge in [0.25, 0.3) is 0 Å². The van der Waals surface area contributed by atoms with Crippen LogP contribution in [0.15, 0.2) is 97.2 Å². The number of carbonyl (C=O) groups is 3. The summed E-state index contributed by atoms with van der Waals surface area (Å²) in [5, 5.41) is 0. The Balaban J connectivity index is 4.25. The molecule has 1 atom stereocenters. The normalized spacial score (nSPS) is 12.8. The SMILES string of the molecule is CC/C=C\C/C=C\C/C=C\C/C=C\CCCCCCCCCCCCC(=O)OCC(COC(=O)CCCCCCCCCCC)OC(=O)CCCCCCCCCCCC/C=C\C/C=C\C/C=C\C/C=C\CC. The van der Waals surface area contributed by atoms with Crippen LogP contribution >= 0.6 is 0 Å². The van der Waals surface area contributed by atoms with E-state index in [4.69, 9.17) is 14.2 Å². The van der Waals surface area contributed by atoms with Gasteiger partial charge in [0.2, 0.25) is 0 Å². The summed E-state index contributed by atoms with van der Waals surface area (Å²) in [7, 11) is 0. The Morgan fingerprint density at radius 2 is 0.534 bits per heavy atom. The largest absolute Gasteiger partial charge is 0.462 e. The van der Waals surface area contributed by atoms with Crippen LogP contribution in [0.2, 0.25) is 0 Å². The van der Waals surface area contributed by atoms with Crippen molar-refractivity contribution in [3.8, 4) is 0 Å². The van der Waals surface area contributed by atoms with Gasteiger partial charge in [-0.25, -0.2) is 0 Å². The molecule has 418 valence electrons. The minimum absolute atomic E-state index is 0.0784. The third-order valence-corrected chi connectivity index (χ3v) is 13.1. The van der Waals surface area contributed by atoms with Crippen molar-refractivity contribution in [3.63, 3.8) is 0 Å². The summed E-state index contributed by atoms with van der Waals surface area (Å²) in [6.45, 7) is 6.41. The zero-order valence-corrected chi connectivity index (χ0v) is 47.9. The average Bonchev–Trinajstić information content (AvgIpc) is 3.39. The lowest BCUT2D eigenvalue weighted by molar-refractivity contribution is -0.167. The maximum atomic E-state index is 12.9. The number of hydrogen-bond acceptors (Lipinski definition) is 6. The lowest BCUT2D eigenvalue weighted by Crippen LogP contribution is -2.30. The minimum Gasteiger partial charge on any atom is -0.462 e. The highest BCUT2D eigenvalue weighted by atomic mass is 16.6. The number of hydrogen-bond donors (Lipinski definition) is 0. The van der Waals surface area contributed by atoms with Crippen molar-refractivity contribution in [1.82, 2.24) is 0 Å². The van der Waals surface area contributed by atoms with Crippen LogP contribution in [-0.2, 0) is 28.6 Å². The smallest absolute Gasteiger partial charge is 0.306 e. The molecule has 0 aromatic carbocycles. The molecule has 6 heteroatoms. The molecule has 0 fully saturated rings. The van der Waals surface area contributed by atoms with Gasteiger partial charge in [-0.3, -0.25) is 14.4 Å². The molecule has 0 aromatic heterocycles. The van der Waals surface area contributed by atoms with Gasteiger partial charge in [-0.15, -0.1) is 0 Å². The second kappa shape index (κ2) is 60.9. The molecule has 0 aliphatic heterocycles. The van der Waals surface area contributed by atoms with Crippen molar-refractivity contribution in [3.05, 3.63) is 97.2 Å². The lowest BCUT2D eigenvalue weighted by Gasteiger charge is -2.18. The second-order valence-electron chi connectivity index (χ2n) is 20.2. The molecule has 0 saturated carbocycles. The first kappa shape index (κ1) is 69.3. The first-order valence-electron chi connectivity index (χ1n) is 30.7. The zero-order valence-electron chi connectivity index (χ0n) is 47.9. The molecule has 1 unspecified atom stereocenters. The predicted octanol–water partition coefficient (Wildman–Crippen LogP) is 20.9. The van der Waals surface area contributed by atoms with Crippen LogP contribution in [0.5, 0.6) is 0 Å². The van der Waals surface area contributed by atoms with E-state index >= 15 is 0 Å². The van der Waals surface area contributed by atoms with Crippen molar-refractivity contribution in [2.45, 2.75) is 297 Å². The van der Waals surface area contributed by atoms with Gasteiger partial charge < -0.3 is 14.2 Å². The van der Waals surface area contributed by atoms with Crippen molar-refractivity contribution < 1.29 is 28.6 Å². The quantitative estimate of drug-likeness (QED) is 0.0261. The molecule has 0 saturated heterocycles. The van der Waals surface area contributed by atoms with E-state index in [1.165, 1.54) is 141 Å². The van der Waals surface area contributed by atoms with Crippen LogP contribution in [0.25, 0.3) is 0 Å². The van der Waals surface area contributed by atoms with Gasteiger partial charge in [-0.2, -0.15) is 0 Å². The summed E-state index contributed by atoms with van der Waals surface area (Å²) in [5.74, 6) is -0.882. The van der Waals surface area contributed by atoms with Crippen LogP contribution in [0.3, 0.4) is 0 Å². The Morgan fingerprint density at radius 1 is 0.288 bits per heavy atom. The Kier molecular flexibility index (Phi) is 57.8. The Bertz CT molecular complexity index is 1440. The average molecular weight is 1020 g/mol. The fourth-order valence-electron chi connectivity index (χ4n) is 8.54. The highest BCUT2D eigenvalue weighted by molar-refractivity contribution is 5.71. The molecule has 0 N–H and O–H groups in total. The molecule has 0 heterocycles. The molecule has 73 heavy (non-hydrogen) atoms. The number of rotatable bonds is 55. The third kappa shape index (κ3) is 59.1. The van der Waals surface area contributed by atoms with Crippen molar-refractivity contribution in [2.24, 2.45) is 0 Å². The van der Waals surface area contributed by atoms with E-state index in [1.54, 1.807) is 0 Å². The Morgan fingerprint density at radius 3 is 0.836 bits per heavy atom. The Hall–Kier alpha value is -3.67. The lowest BCUT2D eigenvalue weighted by atomic mass is 10.0. The number of carbonyl (C=O) groups excluding carboxylic acids is 3. The van der Waals surface area contributed by atoms with E-state index < -0.39 is 6.10 Å². The fraction of sp³-hybridized carbons (Fsp3) is 0.716. The van der Waals surface area contributed by atoms with Gasteiger partial charge in [-0.05, 0) is 96.3 Å². The van der Waals surface area contributed by atoms with E-state index in [0.29, 0.717) is 19.3 Å². The van der Waals surface area contributed by atoms with Crippen LogP contribution in [0.1, 0.15) is 290 Å². The van der Waals surface area contributed by atoms with Crippen molar-refractivity contribution >= 4 is 17.9 Å². The molecule has 0 radical (unpaired) electrons. The summed E-state index contributed by atoms with van der Waals surface area (Å²) in [6.07, 6.45) is 81.3. The Labute approximate surface area is 451 Å². The second-order valence-corrected chi connectivity index (χ2v) is 20.2. The number of allylic oxidation sites excluding steroid dienone is 16. The molecular weight excluding hydrogens is 901 g/mol. The van der Waals surface area contributed by atoms with E-state index in [9.17, 15) is 14.4 Å². The highest BCUT2D eigenvalue weighted by Gasteiger charge is 2.19. The first-order valence-corrected chi connectivity index (χ1v) is 30.7. The summed E-state index contributed by atoms with van der Waals surface area (Å²) in [4.78, 5) is 38.2. The number of ether oxygens (including phenoxy) is 3. The van der Waals surface area contributed by atoms with Gasteiger partial charge >= 0.3 is 17.9 Å². The summed E-state index contributed by atoms with van der Waals surface area (Å²) < 4.78 is 16.9. The summed E-state index contributed by atoms with van der Waals surface area (Å²) >= 11 is 0. The van der Waals surface area contributed by atoms with E-state index in [2.05, 4.69) is 118 Å². The number of unbranched alkanes of at least 4 members (excludes halogenated alkanes) is 28. The minimum atomic E-state index is -0.780. The van der Waals surface area contributed by atoms with Gasteiger partial charge in [0.1, 0.15) is 13.2 Å². The molecule has 0 bridgehead atoms. The summed E-state index contributed by atoms with van der Waals surface area (Å²) in [6, 6.07) is 0.